The number of hydrogen-bond donors (Lipinski definition) is 2. The Bertz CT molecular complexity index is 543. The number of rotatable bonds is 9. The quantitative estimate of drug-likeness (QED) is 0.533. The maximum atomic E-state index is 11.9. The summed E-state index contributed by atoms with van der Waals surface area (Å²) in [5.41, 5.74) is 0.588. The summed E-state index contributed by atoms with van der Waals surface area (Å²) in [6, 6.07) is 8.27. The summed E-state index contributed by atoms with van der Waals surface area (Å²) in [5.74, 6) is -0.558. The van der Waals surface area contributed by atoms with Gasteiger partial charge in [0.05, 0.1) is 7.11 Å². The van der Waals surface area contributed by atoms with Crippen LogP contribution in [0.5, 0.6) is 0 Å². The second kappa shape index (κ2) is 10.4. The predicted molar refractivity (Wildman–Crippen MR) is 91.4 cm³/mol. The van der Waals surface area contributed by atoms with Crippen molar-refractivity contribution in [3.05, 3.63) is 35.9 Å². The lowest BCUT2D eigenvalue weighted by Gasteiger charge is -2.18. The van der Waals surface area contributed by atoms with Gasteiger partial charge in [0.1, 0.15) is 6.04 Å². The van der Waals surface area contributed by atoms with Gasteiger partial charge in [-0.3, -0.25) is 9.59 Å². The zero-order valence-corrected chi connectivity index (χ0v) is 14.5. The van der Waals surface area contributed by atoms with Gasteiger partial charge >= 0.3 is 5.97 Å². The van der Waals surface area contributed by atoms with Gasteiger partial charge in [-0.05, 0) is 30.9 Å². The van der Waals surface area contributed by atoms with E-state index in [1.165, 1.54) is 7.11 Å². The molecule has 0 aliphatic heterocycles. The number of carbonyl (C=O) groups excluding carboxylic acids is 3. The molecule has 0 heterocycles. The third-order valence-corrected chi connectivity index (χ3v) is 3.43. The van der Waals surface area contributed by atoms with Gasteiger partial charge in [-0.1, -0.05) is 32.0 Å². The maximum Gasteiger partial charge on any atom is 0.328 e. The Labute approximate surface area is 143 Å². The second-order valence-corrected chi connectivity index (χ2v) is 6.00. The lowest BCUT2D eigenvalue weighted by Crippen LogP contribution is -2.42. The molecule has 1 atom stereocenters. The molecule has 0 saturated heterocycles. The molecule has 132 valence electrons. The number of carbonyl (C=O) groups is 3. The Balaban J connectivity index is 2.32. The lowest BCUT2D eigenvalue weighted by atomic mass is 10.0. The minimum Gasteiger partial charge on any atom is -0.467 e. The molecule has 24 heavy (non-hydrogen) atoms. The predicted octanol–water partition coefficient (Wildman–Crippen LogP) is 1.90. The highest BCUT2D eigenvalue weighted by molar-refractivity contribution is 5.94. The molecule has 1 aromatic carbocycles. The number of esters is 1. The van der Waals surface area contributed by atoms with Gasteiger partial charge in [-0.15, -0.1) is 0 Å². The van der Waals surface area contributed by atoms with E-state index in [1.807, 2.05) is 19.9 Å². The summed E-state index contributed by atoms with van der Waals surface area (Å²) in [4.78, 5) is 35.4. The summed E-state index contributed by atoms with van der Waals surface area (Å²) in [6.07, 6.45) is 1.27. The molecule has 2 amide bonds. The monoisotopic (exact) mass is 334 g/mol. The second-order valence-electron chi connectivity index (χ2n) is 6.00. The highest BCUT2D eigenvalue weighted by atomic mass is 16.5. The lowest BCUT2D eigenvalue weighted by molar-refractivity contribution is -0.145. The van der Waals surface area contributed by atoms with Crippen molar-refractivity contribution in [3.8, 4) is 0 Å². The van der Waals surface area contributed by atoms with Crippen molar-refractivity contribution in [3.63, 3.8) is 0 Å². The molecular formula is C18H26N2O4. The zero-order valence-electron chi connectivity index (χ0n) is 14.5. The number of methoxy groups -OCH3 is 1. The number of benzene rings is 1. The number of ether oxygens (including phenoxy) is 1. The van der Waals surface area contributed by atoms with Crippen LogP contribution in [0, 0.1) is 5.92 Å². The van der Waals surface area contributed by atoms with Crippen molar-refractivity contribution in [2.45, 2.75) is 39.2 Å². The minimum atomic E-state index is -0.624. The van der Waals surface area contributed by atoms with Crippen molar-refractivity contribution in [2.75, 3.05) is 13.7 Å². The number of hydrogen-bond acceptors (Lipinski definition) is 4. The highest BCUT2D eigenvalue weighted by Crippen LogP contribution is 2.07. The molecule has 6 heteroatoms. The van der Waals surface area contributed by atoms with Gasteiger partial charge in [0.15, 0.2) is 0 Å². The Hall–Kier alpha value is -2.37. The van der Waals surface area contributed by atoms with E-state index in [9.17, 15) is 14.4 Å². The summed E-state index contributed by atoms with van der Waals surface area (Å²) >= 11 is 0. The third kappa shape index (κ3) is 7.26. The summed E-state index contributed by atoms with van der Waals surface area (Å²) < 4.78 is 4.71. The molecule has 0 fully saturated rings. The van der Waals surface area contributed by atoms with E-state index in [-0.39, 0.29) is 24.2 Å². The Morgan fingerprint density at radius 1 is 1.12 bits per heavy atom. The Morgan fingerprint density at radius 3 is 2.38 bits per heavy atom. The van der Waals surface area contributed by atoms with Crippen LogP contribution in [-0.2, 0) is 14.3 Å². The van der Waals surface area contributed by atoms with Crippen LogP contribution >= 0.6 is 0 Å². The third-order valence-electron chi connectivity index (χ3n) is 3.43. The van der Waals surface area contributed by atoms with Gasteiger partial charge in [0, 0.05) is 18.5 Å². The normalized spacial score (nSPS) is 11.7. The fraction of sp³-hybridized carbons (Fsp3) is 0.500. The smallest absolute Gasteiger partial charge is 0.328 e. The van der Waals surface area contributed by atoms with E-state index < -0.39 is 12.0 Å². The first-order valence-electron chi connectivity index (χ1n) is 8.14. The Morgan fingerprint density at radius 2 is 1.79 bits per heavy atom. The number of amides is 2. The molecule has 1 rings (SSSR count). The molecule has 2 N–H and O–H groups in total. The first-order chi connectivity index (χ1) is 11.4. The molecule has 0 aromatic heterocycles. The van der Waals surface area contributed by atoms with Crippen LogP contribution in [0.1, 0.15) is 43.5 Å². The molecule has 0 aliphatic carbocycles. The van der Waals surface area contributed by atoms with Crippen LogP contribution < -0.4 is 10.6 Å². The first-order valence-corrected chi connectivity index (χ1v) is 8.14. The van der Waals surface area contributed by atoms with E-state index in [1.54, 1.807) is 24.3 Å². The molecule has 1 unspecified atom stereocenters. The van der Waals surface area contributed by atoms with E-state index >= 15 is 0 Å². The van der Waals surface area contributed by atoms with Crippen molar-refractivity contribution in [1.82, 2.24) is 10.6 Å². The summed E-state index contributed by atoms with van der Waals surface area (Å²) in [5, 5.41) is 5.46. The van der Waals surface area contributed by atoms with E-state index in [0.717, 1.165) is 0 Å². The fourth-order valence-electron chi connectivity index (χ4n) is 2.24. The van der Waals surface area contributed by atoms with Crippen LogP contribution in [0.15, 0.2) is 30.3 Å². The van der Waals surface area contributed by atoms with E-state index in [4.69, 9.17) is 4.74 Å². The molecular weight excluding hydrogens is 308 g/mol. The fourth-order valence-corrected chi connectivity index (χ4v) is 2.24. The van der Waals surface area contributed by atoms with Gasteiger partial charge < -0.3 is 15.4 Å². The van der Waals surface area contributed by atoms with Gasteiger partial charge in [-0.2, -0.15) is 0 Å². The summed E-state index contributed by atoms with van der Waals surface area (Å²) in [7, 11) is 1.31. The van der Waals surface area contributed by atoms with Gasteiger partial charge in [0.25, 0.3) is 5.91 Å². The van der Waals surface area contributed by atoms with Crippen LogP contribution in [-0.4, -0.2) is 37.5 Å². The molecule has 0 saturated carbocycles. The average molecular weight is 334 g/mol. The van der Waals surface area contributed by atoms with Crippen LogP contribution in [0.2, 0.25) is 0 Å². The highest BCUT2D eigenvalue weighted by Gasteiger charge is 2.22. The standard InChI is InChI=1S/C18H26N2O4/c1-13(2)12-15(18(23)24-3)20-16(21)10-7-11-19-17(22)14-8-5-4-6-9-14/h4-6,8-9,13,15H,7,10-12H2,1-3H3,(H,19,22)(H,20,21). The minimum absolute atomic E-state index is 0.164. The molecule has 1 aromatic rings. The van der Waals surface area contributed by atoms with Crippen molar-refractivity contribution in [2.24, 2.45) is 5.92 Å². The Kier molecular flexibility index (Phi) is 8.54. The molecule has 6 nitrogen and oxygen atoms in total. The first kappa shape index (κ1) is 19.7. The van der Waals surface area contributed by atoms with E-state index in [0.29, 0.717) is 24.9 Å². The maximum absolute atomic E-state index is 11.9. The van der Waals surface area contributed by atoms with Crippen molar-refractivity contribution >= 4 is 17.8 Å². The van der Waals surface area contributed by atoms with Crippen molar-refractivity contribution in [1.29, 1.82) is 0 Å². The molecule has 0 aliphatic rings. The van der Waals surface area contributed by atoms with Crippen molar-refractivity contribution < 1.29 is 19.1 Å². The SMILES string of the molecule is COC(=O)C(CC(C)C)NC(=O)CCCNC(=O)c1ccccc1. The van der Waals surface area contributed by atoms with Crippen LogP contribution in [0.4, 0.5) is 0 Å². The topological polar surface area (TPSA) is 84.5 Å². The zero-order chi connectivity index (χ0) is 17.9. The van der Waals surface area contributed by atoms with Crippen LogP contribution in [0.3, 0.4) is 0 Å². The van der Waals surface area contributed by atoms with Gasteiger partial charge in [-0.25, -0.2) is 4.79 Å². The number of nitrogens with one attached hydrogen (secondary N) is 2. The molecule has 0 radical (unpaired) electrons. The summed E-state index contributed by atoms with van der Waals surface area (Å²) in [6.45, 7) is 4.34. The van der Waals surface area contributed by atoms with Gasteiger partial charge in [0.2, 0.25) is 5.91 Å². The average Bonchev–Trinajstić information content (AvgIpc) is 2.57. The van der Waals surface area contributed by atoms with Crippen LogP contribution in [0.25, 0.3) is 0 Å². The van der Waals surface area contributed by atoms with E-state index in [2.05, 4.69) is 10.6 Å². The molecule has 0 spiro atoms. The largest absolute Gasteiger partial charge is 0.467 e. The molecule has 0 bridgehead atoms.